The lowest BCUT2D eigenvalue weighted by atomic mass is 10.2. The second-order valence-electron chi connectivity index (χ2n) is 3.92. The zero-order valence-electron chi connectivity index (χ0n) is 10.0. The van der Waals surface area contributed by atoms with Gasteiger partial charge >= 0.3 is 0 Å². The second kappa shape index (κ2) is 5.38. The molecule has 0 fully saturated rings. The first-order chi connectivity index (χ1) is 9.03. The normalized spacial score (nSPS) is 11.3. The maximum absolute atomic E-state index is 13.1. The molecule has 0 aliphatic carbocycles. The van der Waals surface area contributed by atoms with E-state index in [1.54, 1.807) is 18.2 Å². The Bertz CT molecular complexity index is 672. The Morgan fingerprint density at radius 1 is 1.11 bits per heavy atom. The molecule has 0 bridgehead atoms. The van der Waals surface area contributed by atoms with Gasteiger partial charge in [0, 0.05) is 6.54 Å². The van der Waals surface area contributed by atoms with Crippen LogP contribution in [-0.2, 0) is 16.6 Å². The minimum Gasteiger partial charge on any atom is -0.326 e. The molecule has 6 heteroatoms. The first-order valence-electron chi connectivity index (χ1n) is 5.59. The summed E-state index contributed by atoms with van der Waals surface area (Å²) in [6.07, 6.45) is 0. The maximum Gasteiger partial charge on any atom is 0.261 e. The summed E-state index contributed by atoms with van der Waals surface area (Å²) >= 11 is 0. The van der Waals surface area contributed by atoms with E-state index in [1.165, 1.54) is 30.3 Å². The molecule has 2 rings (SSSR count). The lowest BCUT2D eigenvalue weighted by molar-refractivity contribution is 0.601. The maximum atomic E-state index is 13.1. The van der Waals surface area contributed by atoms with Crippen LogP contribution in [0.25, 0.3) is 0 Å². The molecule has 2 aromatic rings. The van der Waals surface area contributed by atoms with Gasteiger partial charge in [0.25, 0.3) is 10.0 Å². The second-order valence-corrected chi connectivity index (χ2v) is 5.61. The van der Waals surface area contributed by atoms with Crippen molar-refractivity contribution in [2.75, 3.05) is 4.72 Å². The molecule has 3 N–H and O–H groups in total. The van der Waals surface area contributed by atoms with E-state index in [4.69, 9.17) is 5.73 Å². The van der Waals surface area contributed by atoms with Gasteiger partial charge in [-0.3, -0.25) is 4.72 Å². The summed E-state index contributed by atoms with van der Waals surface area (Å²) < 4.78 is 39.7. The average molecular weight is 280 g/mol. The van der Waals surface area contributed by atoms with E-state index in [1.807, 2.05) is 0 Å². The fourth-order valence-corrected chi connectivity index (χ4v) is 2.76. The third-order valence-electron chi connectivity index (χ3n) is 2.59. The van der Waals surface area contributed by atoms with E-state index >= 15 is 0 Å². The highest BCUT2D eigenvalue weighted by atomic mass is 32.2. The van der Waals surface area contributed by atoms with Crippen LogP contribution in [0.1, 0.15) is 5.56 Å². The van der Waals surface area contributed by atoms with Gasteiger partial charge in [0.05, 0.1) is 10.6 Å². The van der Waals surface area contributed by atoms with Crippen molar-refractivity contribution >= 4 is 15.7 Å². The first-order valence-corrected chi connectivity index (χ1v) is 7.07. The molecule has 0 atom stereocenters. The van der Waals surface area contributed by atoms with Crippen LogP contribution in [0.15, 0.2) is 53.4 Å². The standard InChI is InChI=1S/C13H13FN2O2S/c14-11-6-7-13(10(8-11)9-15)16-19(17,18)12-4-2-1-3-5-12/h1-8,16H,9,15H2. The molecule has 0 amide bonds. The minimum absolute atomic E-state index is 0.0460. The molecule has 19 heavy (non-hydrogen) atoms. The summed E-state index contributed by atoms with van der Waals surface area (Å²) in [6.45, 7) is 0.0460. The van der Waals surface area contributed by atoms with Gasteiger partial charge in [0.1, 0.15) is 5.82 Å². The van der Waals surface area contributed by atoms with Gasteiger partial charge in [-0.25, -0.2) is 12.8 Å². The molecule has 0 spiro atoms. The van der Waals surface area contributed by atoms with Gasteiger partial charge in [-0.15, -0.1) is 0 Å². The van der Waals surface area contributed by atoms with Gasteiger partial charge in [-0.05, 0) is 35.9 Å². The Balaban J connectivity index is 2.36. The molecular weight excluding hydrogens is 267 g/mol. The van der Waals surface area contributed by atoms with Crippen molar-refractivity contribution in [3.63, 3.8) is 0 Å². The molecule has 100 valence electrons. The number of halogens is 1. The molecule has 2 aromatic carbocycles. The molecule has 0 saturated carbocycles. The number of anilines is 1. The van der Waals surface area contributed by atoms with Gasteiger partial charge in [0.15, 0.2) is 0 Å². The monoisotopic (exact) mass is 280 g/mol. The van der Waals surface area contributed by atoms with Crippen molar-refractivity contribution in [2.45, 2.75) is 11.4 Å². The van der Waals surface area contributed by atoms with E-state index in [-0.39, 0.29) is 17.1 Å². The number of hydrogen-bond acceptors (Lipinski definition) is 3. The average Bonchev–Trinajstić information content (AvgIpc) is 2.41. The fraction of sp³-hybridized carbons (Fsp3) is 0.0769. The highest BCUT2D eigenvalue weighted by Gasteiger charge is 2.15. The predicted octanol–water partition coefficient (Wildman–Crippen LogP) is 2.09. The van der Waals surface area contributed by atoms with E-state index in [2.05, 4.69) is 4.72 Å². The van der Waals surface area contributed by atoms with Gasteiger partial charge in [-0.2, -0.15) is 0 Å². The summed E-state index contributed by atoms with van der Waals surface area (Å²) in [5.74, 6) is -0.455. The van der Waals surface area contributed by atoms with E-state index in [9.17, 15) is 12.8 Å². The summed E-state index contributed by atoms with van der Waals surface area (Å²) in [4.78, 5) is 0.141. The molecule has 0 aliphatic heterocycles. The lowest BCUT2D eigenvalue weighted by Gasteiger charge is -2.11. The molecule has 0 saturated heterocycles. The Labute approximate surface area is 111 Å². The smallest absolute Gasteiger partial charge is 0.261 e. The topological polar surface area (TPSA) is 72.2 Å². The van der Waals surface area contributed by atoms with Crippen molar-refractivity contribution in [1.82, 2.24) is 0 Å². The SMILES string of the molecule is NCc1cc(F)ccc1NS(=O)(=O)c1ccccc1. The molecule has 0 radical (unpaired) electrons. The molecule has 0 aromatic heterocycles. The van der Waals surface area contributed by atoms with Gasteiger partial charge < -0.3 is 5.73 Å². The summed E-state index contributed by atoms with van der Waals surface area (Å²) in [5, 5.41) is 0. The van der Waals surface area contributed by atoms with Gasteiger partial charge in [-0.1, -0.05) is 18.2 Å². The van der Waals surface area contributed by atoms with E-state index in [0.29, 0.717) is 5.56 Å². The minimum atomic E-state index is -3.69. The third kappa shape index (κ3) is 3.10. The summed E-state index contributed by atoms with van der Waals surface area (Å²) in [7, 11) is -3.69. The number of nitrogens with two attached hydrogens (primary N) is 1. The molecule has 4 nitrogen and oxygen atoms in total. The Morgan fingerprint density at radius 3 is 2.42 bits per heavy atom. The zero-order valence-corrected chi connectivity index (χ0v) is 10.8. The van der Waals surface area contributed by atoms with E-state index in [0.717, 1.165) is 0 Å². The largest absolute Gasteiger partial charge is 0.326 e. The quantitative estimate of drug-likeness (QED) is 0.900. The summed E-state index contributed by atoms with van der Waals surface area (Å²) in [5.41, 5.74) is 6.16. The Hall–Kier alpha value is -1.92. The van der Waals surface area contributed by atoms with Crippen LogP contribution >= 0.6 is 0 Å². The molecule has 0 aliphatic rings. The number of rotatable bonds is 4. The van der Waals surface area contributed by atoms with Crippen molar-refractivity contribution in [3.05, 3.63) is 59.9 Å². The van der Waals surface area contributed by atoms with Crippen molar-refractivity contribution in [2.24, 2.45) is 5.73 Å². The van der Waals surface area contributed by atoms with Crippen LogP contribution in [0, 0.1) is 5.82 Å². The zero-order chi connectivity index (χ0) is 13.9. The van der Waals surface area contributed by atoms with Gasteiger partial charge in [0.2, 0.25) is 0 Å². The van der Waals surface area contributed by atoms with Crippen molar-refractivity contribution in [3.8, 4) is 0 Å². The molecule has 0 unspecified atom stereocenters. The van der Waals surface area contributed by atoms with Crippen molar-refractivity contribution < 1.29 is 12.8 Å². The Morgan fingerprint density at radius 2 is 1.79 bits per heavy atom. The summed E-state index contributed by atoms with van der Waals surface area (Å²) in [6, 6.07) is 11.7. The fourth-order valence-electron chi connectivity index (χ4n) is 1.63. The number of nitrogens with one attached hydrogen (secondary N) is 1. The highest BCUT2D eigenvalue weighted by molar-refractivity contribution is 7.92. The van der Waals surface area contributed by atoms with Crippen LogP contribution in [0.5, 0.6) is 0 Å². The van der Waals surface area contributed by atoms with Crippen molar-refractivity contribution in [1.29, 1.82) is 0 Å². The Kier molecular flexibility index (Phi) is 3.82. The number of benzene rings is 2. The lowest BCUT2D eigenvalue weighted by Crippen LogP contribution is -2.15. The first kappa shape index (κ1) is 13.5. The van der Waals surface area contributed by atoms with Crippen LogP contribution in [0.2, 0.25) is 0 Å². The molecular formula is C13H13FN2O2S. The van der Waals surface area contributed by atoms with Crippen LogP contribution < -0.4 is 10.5 Å². The van der Waals surface area contributed by atoms with E-state index < -0.39 is 15.8 Å². The van der Waals surface area contributed by atoms with Crippen LogP contribution in [0.4, 0.5) is 10.1 Å². The number of hydrogen-bond donors (Lipinski definition) is 2. The number of sulfonamides is 1. The van der Waals surface area contributed by atoms with Crippen LogP contribution in [-0.4, -0.2) is 8.42 Å². The van der Waals surface area contributed by atoms with Crippen LogP contribution in [0.3, 0.4) is 0 Å². The predicted molar refractivity (Wildman–Crippen MR) is 71.5 cm³/mol. The third-order valence-corrected chi connectivity index (χ3v) is 3.97. The highest BCUT2D eigenvalue weighted by Crippen LogP contribution is 2.20. The molecule has 0 heterocycles.